The number of ether oxygens (including phenoxy) is 3. The van der Waals surface area contributed by atoms with Crippen molar-refractivity contribution in [3.05, 3.63) is 48.0 Å². The molecule has 0 spiro atoms. The van der Waals surface area contributed by atoms with Crippen LogP contribution >= 0.6 is 0 Å². The van der Waals surface area contributed by atoms with Gasteiger partial charge in [0.1, 0.15) is 12.4 Å². The summed E-state index contributed by atoms with van der Waals surface area (Å²) in [6, 6.07) is 12.3. The maximum absolute atomic E-state index is 12.8. The van der Waals surface area contributed by atoms with Crippen LogP contribution in [0.4, 0.5) is 0 Å². The molecule has 0 heterocycles. The SMILES string of the molecule is CCOc1ccc(S(=O)(=O)N(C)CCOc2ccc(C)cc2)cc1OCC. The third-order valence-electron chi connectivity index (χ3n) is 3.92. The lowest BCUT2D eigenvalue weighted by atomic mass is 10.2. The predicted octanol–water partition coefficient (Wildman–Crippen LogP) is 3.49. The summed E-state index contributed by atoms with van der Waals surface area (Å²) < 4.78 is 43.5. The molecule has 0 unspecified atom stereocenters. The Hall–Kier alpha value is -2.25. The molecule has 148 valence electrons. The van der Waals surface area contributed by atoms with E-state index in [-0.39, 0.29) is 18.0 Å². The van der Waals surface area contributed by atoms with Crippen LogP contribution in [0.1, 0.15) is 19.4 Å². The maximum Gasteiger partial charge on any atom is 0.243 e. The lowest BCUT2D eigenvalue weighted by molar-refractivity contribution is 0.284. The summed E-state index contributed by atoms with van der Waals surface area (Å²) in [6.45, 7) is 7.08. The zero-order valence-corrected chi connectivity index (χ0v) is 17.1. The number of rotatable bonds is 10. The van der Waals surface area contributed by atoms with E-state index < -0.39 is 10.0 Å². The fourth-order valence-electron chi connectivity index (χ4n) is 2.42. The zero-order valence-electron chi connectivity index (χ0n) is 16.3. The van der Waals surface area contributed by atoms with Crippen molar-refractivity contribution in [2.75, 3.05) is 33.4 Å². The third-order valence-corrected chi connectivity index (χ3v) is 5.77. The summed E-state index contributed by atoms with van der Waals surface area (Å²) in [5, 5.41) is 0. The van der Waals surface area contributed by atoms with E-state index >= 15 is 0 Å². The minimum Gasteiger partial charge on any atom is -0.492 e. The monoisotopic (exact) mass is 393 g/mol. The topological polar surface area (TPSA) is 65.1 Å². The highest BCUT2D eigenvalue weighted by Gasteiger charge is 2.22. The Balaban J connectivity index is 2.06. The molecule has 6 nitrogen and oxygen atoms in total. The van der Waals surface area contributed by atoms with E-state index in [1.54, 1.807) is 6.07 Å². The Morgan fingerprint density at radius 2 is 1.52 bits per heavy atom. The van der Waals surface area contributed by atoms with Gasteiger partial charge in [0.05, 0.1) is 18.1 Å². The Morgan fingerprint density at radius 3 is 2.15 bits per heavy atom. The van der Waals surface area contributed by atoms with Gasteiger partial charge in [0.2, 0.25) is 10.0 Å². The van der Waals surface area contributed by atoms with Crippen molar-refractivity contribution in [3.63, 3.8) is 0 Å². The maximum atomic E-state index is 12.8. The highest BCUT2D eigenvalue weighted by atomic mass is 32.2. The van der Waals surface area contributed by atoms with Crippen molar-refractivity contribution in [3.8, 4) is 17.2 Å². The molecule has 0 aliphatic carbocycles. The number of nitrogens with zero attached hydrogens (tertiary/aromatic N) is 1. The molecular formula is C20H27NO5S. The van der Waals surface area contributed by atoms with Gasteiger partial charge in [-0.15, -0.1) is 0 Å². The fourth-order valence-corrected chi connectivity index (χ4v) is 3.59. The van der Waals surface area contributed by atoms with Crippen LogP contribution in [0.15, 0.2) is 47.4 Å². The molecule has 0 aliphatic rings. The second kappa shape index (κ2) is 9.62. The zero-order chi connectivity index (χ0) is 19.9. The molecule has 2 rings (SSSR count). The van der Waals surface area contributed by atoms with Crippen molar-refractivity contribution in [2.45, 2.75) is 25.7 Å². The molecule has 0 radical (unpaired) electrons. The summed E-state index contributed by atoms with van der Waals surface area (Å²) >= 11 is 0. The van der Waals surface area contributed by atoms with E-state index in [4.69, 9.17) is 14.2 Å². The number of hydrogen-bond donors (Lipinski definition) is 0. The van der Waals surface area contributed by atoms with E-state index in [2.05, 4.69) is 0 Å². The molecule has 0 aliphatic heterocycles. The summed E-state index contributed by atoms with van der Waals surface area (Å²) in [6.07, 6.45) is 0. The minimum absolute atomic E-state index is 0.159. The summed E-state index contributed by atoms with van der Waals surface area (Å²) in [5.41, 5.74) is 1.14. The first-order chi connectivity index (χ1) is 12.9. The first-order valence-corrected chi connectivity index (χ1v) is 10.4. The van der Waals surface area contributed by atoms with Gasteiger partial charge in [-0.25, -0.2) is 8.42 Å². The second-order valence-electron chi connectivity index (χ2n) is 5.96. The molecule has 2 aromatic rings. The van der Waals surface area contributed by atoms with Gasteiger partial charge in [-0.2, -0.15) is 4.31 Å². The Morgan fingerprint density at radius 1 is 0.889 bits per heavy atom. The van der Waals surface area contributed by atoms with Crippen LogP contribution in [-0.4, -0.2) is 46.1 Å². The highest BCUT2D eigenvalue weighted by molar-refractivity contribution is 7.89. The number of benzene rings is 2. The molecule has 0 amide bonds. The van der Waals surface area contributed by atoms with Crippen molar-refractivity contribution in [2.24, 2.45) is 0 Å². The van der Waals surface area contributed by atoms with Crippen molar-refractivity contribution in [1.82, 2.24) is 4.31 Å². The number of sulfonamides is 1. The molecule has 0 saturated carbocycles. The van der Waals surface area contributed by atoms with Gasteiger partial charge in [-0.1, -0.05) is 17.7 Å². The average Bonchev–Trinajstić information content (AvgIpc) is 2.65. The van der Waals surface area contributed by atoms with Crippen LogP contribution in [0.3, 0.4) is 0 Å². The smallest absolute Gasteiger partial charge is 0.243 e. The van der Waals surface area contributed by atoms with E-state index in [9.17, 15) is 8.42 Å². The largest absolute Gasteiger partial charge is 0.492 e. The summed E-state index contributed by atoms with van der Waals surface area (Å²) in [4.78, 5) is 0.159. The average molecular weight is 394 g/mol. The lowest BCUT2D eigenvalue weighted by Crippen LogP contribution is -2.31. The van der Waals surface area contributed by atoms with Crippen LogP contribution in [0.2, 0.25) is 0 Å². The van der Waals surface area contributed by atoms with Gasteiger partial charge in [0.25, 0.3) is 0 Å². The molecule has 0 bridgehead atoms. The van der Waals surface area contributed by atoms with Crippen molar-refractivity contribution < 1.29 is 22.6 Å². The molecule has 0 N–H and O–H groups in total. The van der Waals surface area contributed by atoms with Gasteiger partial charge in [-0.05, 0) is 45.0 Å². The predicted molar refractivity (Wildman–Crippen MR) is 105 cm³/mol. The lowest BCUT2D eigenvalue weighted by Gasteiger charge is -2.19. The molecule has 27 heavy (non-hydrogen) atoms. The van der Waals surface area contributed by atoms with Crippen molar-refractivity contribution >= 4 is 10.0 Å². The van der Waals surface area contributed by atoms with E-state index in [1.165, 1.54) is 23.5 Å². The van der Waals surface area contributed by atoms with Gasteiger partial charge < -0.3 is 14.2 Å². The highest BCUT2D eigenvalue weighted by Crippen LogP contribution is 2.31. The molecule has 0 aromatic heterocycles. The van der Waals surface area contributed by atoms with Gasteiger partial charge in [-0.3, -0.25) is 0 Å². The molecule has 2 aromatic carbocycles. The first kappa shape index (κ1) is 21.1. The summed E-state index contributed by atoms with van der Waals surface area (Å²) in [5.74, 6) is 1.67. The van der Waals surface area contributed by atoms with Crippen LogP contribution in [0.25, 0.3) is 0 Å². The summed E-state index contributed by atoms with van der Waals surface area (Å²) in [7, 11) is -2.12. The number of likely N-dealkylation sites (N-methyl/N-ethyl adjacent to an activating group) is 1. The molecule has 0 saturated heterocycles. The fraction of sp³-hybridized carbons (Fsp3) is 0.400. The normalized spacial score (nSPS) is 11.4. The molecule has 7 heteroatoms. The second-order valence-corrected chi connectivity index (χ2v) is 8.01. The van der Waals surface area contributed by atoms with E-state index in [0.29, 0.717) is 30.5 Å². The molecular weight excluding hydrogens is 366 g/mol. The first-order valence-electron chi connectivity index (χ1n) is 8.94. The van der Waals surface area contributed by atoms with Crippen LogP contribution in [0.5, 0.6) is 17.2 Å². The van der Waals surface area contributed by atoms with E-state index in [1.807, 2.05) is 45.0 Å². The van der Waals surface area contributed by atoms with Crippen molar-refractivity contribution in [1.29, 1.82) is 0 Å². The quantitative estimate of drug-likeness (QED) is 0.618. The minimum atomic E-state index is -3.65. The van der Waals surface area contributed by atoms with Crippen LogP contribution in [-0.2, 0) is 10.0 Å². The van der Waals surface area contributed by atoms with Crippen LogP contribution in [0, 0.1) is 6.92 Å². The number of aryl methyl sites for hydroxylation is 1. The van der Waals surface area contributed by atoms with Gasteiger partial charge in [0.15, 0.2) is 11.5 Å². The van der Waals surface area contributed by atoms with Crippen LogP contribution < -0.4 is 14.2 Å². The third kappa shape index (κ3) is 5.61. The Kier molecular flexibility index (Phi) is 7.50. The van der Waals surface area contributed by atoms with E-state index in [0.717, 1.165) is 5.56 Å². The standard InChI is InChI=1S/C20H27NO5S/c1-5-24-19-12-11-18(15-20(19)25-6-2)27(22,23)21(4)13-14-26-17-9-7-16(3)8-10-17/h7-12,15H,5-6,13-14H2,1-4H3. The Labute approximate surface area is 161 Å². The Bertz CT molecular complexity index is 834. The molecule has 0 atom stereocenters. The van der Waals surface area contributed by atoms with Gasteiger partial charge >= 0.3 is 0 Å². The van der Waals surface area contributed by atoms with Gasteiger partial charge in [0, 0.05) is 19.7 Å². The number of hydrogen-bond acceptors (Lipinski definition) is 5. The molecule has 0 fully saturated rings.